The molecule has 1 N–H and O–H groups in total. The smallest absolute Gasteiger partial charge is 0.0602 e. The number of allylic oxidation sites excluding steroid dienone is 2. The summed E-state index contributed by atoms with van der Waals surface area (Å²) in [4.78, 5) is 0. The highest BCUT2D eigenvalue weighted by atomic mass is 16.3. The maximum absolute atomic E-state index is 11.7. The molecular formula is C29H50O. The van der Waals surface area contributed by atoms with Crippen molar-refractivity contribution in [3.63, 3.8) is 0 Å². The second-order valence-corrected chi connectivity index (χ2v) is 13.5. The first-order valence-electron chi connectivity index (χ1n) is 13.4. The molecule has 4 aliphatic carbocycles. The molecule has 1 nitrogen and oxygen atoms in total. The van der Waals surface area contributed by atoms with Crippen LogP contribution in [0, 0.1) is 51.8 Å². The molecule has 8 atom stereocenters. The average molecular weight is 415 g/mol. The van der Waals surface area contributed by atoms with Crippen molar-refractivity contribution in [2.75, 3.05) is 0 Å². The summed E-state index contributed by atoms with van der Waals surface area (Å²) in [6.07, 6.45) is 15.7. The molecule has 0 aromatic heterocycles. The van der Waals surface area contributed by atoms with Gasteiger partial charge >= 0.3 is 0 Å². The number of hydrogen-bond acceptors (Lipinski definition) is 1. The van der Waals surface area contributed by atoms with Gasteiger partial charge in [0.1, 0.15) is 0 Å². The molecule has 0 bridgehead atoms. The highest BCUT2D eigenvalue weighted by Crippen LogP contribution is 2.68. The molecule has 0 unspecified atom stereocenters. The molecule has 0 aliphatic heterocycles. The summed E-state index contributed by atoms with van der Waals surface area (Å²) in [5.74, 6) is 4.50. The Hall–Kier alpha value is -0.300. The van der Waals surface area contributed by atoms with Crippen LogP contribution in [0.5, 0.6) is 0 Å². The van der Waals surface area contributed by atoms with Gasteiger partial charge in [0.2, 0.25) is 0 Å². The van der Waals surface area contributed by atoms with Gasteiger partial charge in [0.15, 0.2) is 0 Å². The van der Waals surface area contributed by atoms with E-state index in [1.807, 2.05) is 0 Å². The van der Waals surface area contributed by atoms with Gasteiger partial charge in [0, 0.05) is 0 Å². The molecule has 3 saturated carbocycles. The van der Waals surface area contributed by atoms with Gasteiger partial charge in [0.05, 0.1) is 6.10 Å². The Balaban J connectivity index is 1.58. The molecule has 3 fully saturated rings. The Morgan fingerprint density at radius 2 is 1.73 bits per heavy atom. The first-order valence-corrected chi connectivity index (χ1v) is 13.4. The van der Waals surface area contributed by atoms with E-state index in [0.717, 1.165) is 30.1 Å². The Morgan fingerprint density at radius 3 is 2.43 bits per heavy atom. The van der Waals surface area contributed by atoms with Gasteiger partial charge in [-0.15, -0.1) is 0 Å². The Bertz CT molecular complexity index is 659. The van der Waals surface area contributed by atoms with Crippen molar-refractivity contribution < 1.29 is 5.11 Å². The van der Waals surface area contributed by atoms with E-state index in [-0.39, 0.29) is 11.5 Å². The largest absolute Gasteiger partial charge is 0.393 e. The monoisotopic (exact) mass is 414 g/mol. The molecule has 30 heavy (non-hydrogen) atoms. The summed E-state index contributed by atoms with van der Waals surface area (Å²) < 4.78 is 0. The van der Waals surface area contributed by atoms with Crippen molar-refractivity contribution in [3.05, 3.63) is 11.6 Å². The Morgan fingerprint density at radius 1 is 1.00 bits per heavy atom. The van der Waals surface area contributed by atoms with E-state index in [0.29, 0.717) is 22.7 Å². The van der Waals surface area contributed by atoms with Crippen molar-refractivity contribution in [1.29, 1.82) is 0 Å². The molecule has 172 valence electrons. The Kier molecular flexibility index (Phi) is 6.05. The molecule has 0 radical (unpaired) electrons. The van der Waals surface area contributed by atoms with Gasteiger partial charge in [-0.1, -0.05) is 85.8 Å². The zero-order valence-corrected chi connectivity index (χ0v) is 21.1. The molecule has 0 saturated heterocycles. The standard InChI is InChI=1S/C29H50O/c1-19(2)10-8-11-20(3)22-13-14-23-21-12-15-25-27(4,5)16-9-17-28(25,6)24(21)18-26(30)29(22,23)7/h15,19-24,26,30H,8-14,16-18H2,1-7H3/t20-,21+,22-,23+,24+,26+,28-,29-/m1/s1. The van der Waals surface area contributed by atoms with Crippen molar-refractivity contribution in [2.45, 2.75) is 119 Å². The highest BCUT2D eigenvalue weighted by molar-refractivity contribution is 5.30. The average Bonchev–Trinajstić information content (AvgIpc) is 3.01. The Labute approximate surface area is 187 Å². The lowest BCUT2D eigenvalue weighted by molar-refractivity contribution is -0.137. The molecule has 1 heteroatoms. The fourth-order valence-corrected chi connectivity index (χ4v) is 9.47. The third-order valence-electron chi connectivity index (χ3n) is 11.0. The SMILES string of the molecule is CC(C)CCC[C@@H](C)[C@H]1CC[C@H]2[C@@H]3CC=C4C(C)(C)CCC[C@]4(C)[C@H]3C[C@H](O)[C@]12C. The first kappa shape index (κ1) is 22.9. The predicted molar refractivity (Wildman–Crippen MR) is 128 cm³/mol. The minimum atomic E-state index is -0.106. The van der Waals surface area contributed by atoms with E-state index in [4.69, 9.17) is 0 Å². The summed E-state index contributed by atoms with van der Waals surface area (Å²) in [5, 5.41) is 11.7. The van der Waals surface area contributed by atoms with Gasteiger partial charge < -0.3 is 5.11 Å². The van der Waals surface area contributed by atoms with Crippen LogP contribution in [0.1, 0.15) is 113 Å². The second-order valence-electron chi connectivity index (χ2n) is 13.5. The number of aliphatic hydroxyl groups excluding tert-OH is 1. The third-order valence-corrected chi connectivity index (χ3v) is 11.0. The van der Waals surface area contributed by atoms with Gasteiger partial charge in [0.25, 0.3) is 0 Å². The predicted octanol–water partition coefficient (Wildman–Crippen LogP) is 8.02. The molecule has 4 rings (SSSR count). The van der Waals surface area contributed by atoms with Gasteiger partial charge in [-0.3, -0.25) is 0 Å². The third kappa shape index (κ3) is 3.45. The lowest BCUT2D eigenvalue weighted by Crippen LogP contribution is -2.57. The summed E-state index contributed by atoms with van der Waals surface area (Å²) in [7, 11) is 0. The van der Waals surface area contributed by atoms with Crippen LogP contribution in [0.3, 0.4) is 0 Å². The van der Waals surface area contributed by atoms with Gasteiger partial charge in [-0.2, -0.15) is 0 Å². The fraction of sp³-hybridized carbons (Fsp3) is 0.931. The van der Waals surface area contributed by atoms with Crippen LogP contribution in [-0.4, -0.2) is 11.2 Å². The van der Waals surface area contributed by atoms with E-state index in [1.54, 1.807) is 5.57 Å². The number of aliphatic hydroxyl groups is 1. The lowest BCUT2D eigenvalue weighted by Gasteiger charge is -2.61. The van der Waals surface area contributed by atoms with Crippen molar-refractivity contribution >= 4 is 0 Å². The maximum atomic E-state index is 11.7. The molecule has 0 aromatic rings. The van der Waals surface area contributed by atoms with Crippen LogP contribution in [0.2, 0.25) is 0 Å². The molecule has 4 aliphatic rings. The first-order chi connectivity index (χ1) is 14.0. The number of fused-ring (bicyclic) bond motifs is 5. The normalized spacial score (nSPS) is 46.0. The van der Waals surface area contributed by atoms with E-state index in [2.05, 4.69) is 54.5 Å². The van der Waals surface area contributed by atoms with Crippen molar-refractivity contribution in [1.82, 2.24) is 0 Å². The van der Waals surface area contributed by atoms with E-state index < -0.39 is 0 Å². The lowest BCUT2D eigenvalue weighted by atomic mass is 9.44. The van der Waals surface area contributed by atoms with Crippen LogP contribution in [-0.2, 0) is 0 Å². The van der Waals surface area contributed by atoms with Gasteiger partial charge in [-0.05, 0) is 90.3 Å². The molecule has 0 spiro atoms. The van der Waals surface area contributed by atoms with Crippen LogP contribution in [0.4, 0.5) is 0 Å². The quantitative estimate of drug-likeness (QED) is 0.451. The van der Waals surface area contributed by atoms with Crippen molar-refractivity contribution in [2.24, 2.45) is 51.8 Å². The maximum Gasteiger partial charge on any atom is 0.0602 e. The second kappa shape index (κ2) is 7.93. The van der Waals surface area contributed by atoms with E-state index in [9.17, 15) is 5.11 Å². The van der Waals surface area contributed by atoms with E-state index in [1.165, 1.54) is 57.8 Å². The molecule has 0 heterocycles. The highest BCUT2D eigenvalue weighted by Gasteiger charge is 2.63. The summed E-state index contributed by atoms with van der Waals surface area (Å²) in [6, 6.07) is 0. The summed E-state index contributed by atoms with van der Waals surface area (Å²) >= 11 is 0. The zero-order valence-electron chi connectivity index (χ0n) is 21.1. The van der Waals surface area contributed by atoms with Crippen LogP contribution >= 0.6 is 0 Å². The minimum absolute atomic E-state index is 0.106. The number of rotatable bonds is 5. The van der Waals surface area contributed by atoms with Crippen LogP contribution in [0.15, 0.2) is 11.6 Å². The summed E-state index contributed by atoms with van der Waals surface area (Å²) in [5.41, 5.74) is 2.57. The van der Waals surface area contributed by atoms with E-state index >= 15 is 0 Å². The summed E-state index contributed by atoms with van der Waals surface area (Å²) in [6.45, 7) is 17.2. The fourth-order valence-electron chi connectivity index (χ4n) is 9.47. The van der Waals surface area contributed by atoms with Crippen LogP contribution in [0.25, 0.3) is 0 Å². The molecule has 0 amide bonds. The zero-order chi connectivity index (χ0) is 21.9. The topological polar surface area (TPSA) is 20.2 Å². The van der Waals surface area contributed by atoms with Crippen LogP contribution < -0.4 is 0 Å². The molecule has 0 aromatic carbocycles. The van der Waals surface area contributed by atoms with Crippen molar-refractivity contribution in [3.8, 4) is 0 Å². The number of hydrogen-bond donors (Lipinski definition) is 1. The van der Waals surface area contributed by atoms with Gasteiger partial charge in [-0.25, -0.2) is 0 Å². The minimum Gasteiger partial charge on any atom is -0.393 e. The molecular weight excluding hydrogens is 364 g/mol.